The van der Waals surface area contributed by atoms with E-state index in [9.17, 15) is 18.5 Å². The van der Waals surface area contributed by atoms with Gasteiger partial charge >= 0.3 is 0 Å². The van der Waals surface area contributed by atoms with Crippen LogP contribution < -0.4 is 0 Å². The molecule has 2 rings (SSSR count). The molecular weight excluding hydrogens is 306 g/mol. The minimum Gasteiger partial charge on any atom is -0.396 e. The largest absolute Gasteiger partial charge is 0.396 e. The molecule has 7 heteroatoms. The number of aliphatic hydroxyl groups excluding tert-OH is 1. The molecule has 22 heavy (non-hydrogen) atoms. The molecule has 0 unspecified atom stereocenters. The summed E-state index contributed by atoms with van der Waals surface area (Å²) in [6.07, 6.45) is 0.316. The average Bonchev–Trinajstić information content (AvgIpc) is 2.48. The Hall–Kier alpha value is -2.25. The molecule has 0 aliphatic heterocycles. The SMILES string of the molecule is O=[N+]([O-])c1ccc(CCO)cc1CS(=O)(=O)c1ccccc1. The molecule has 0 aromatic heterocycles. The van der Waals surface area contributed by atoms with Crippen LogP contribution in [-0.4, -0.2) is 25.1 Å². The lowest BCUT2D eigenvalue weighted by Gasteiger charge is -2.07. The van der Waals surface area contributed by atoms with Gasteiger partial charge in [-0.3, -0.25) is 10.1 Å². The Labute approximate surface area is 128 Å². The minimum absolute atomic E-state index is 0.108. The molecule has 0 atom stereocenters. The van der Waals surface area contributed by atoms with Crippen LogP contribution in [0.15, 0.2) is 53.4 Å². The van der Waals surface area contributed by atoms with Crippen LogP contribution in [0.5, 0.6) is 0 Å². The Morgan fingerprint density at radius 1 is 1.09 bits per heavy atom. The van der Waals surface area contributed by atoms with Gasteiger partial charge in [0, 0.05) is 18.2 Å². The Morgan fingerprint density at radius 2 is 1.77 bits per heavy atom. The van der Waals surface area contributed by atoms with Gasteiger partial charge in [0.05, 0.1) is 15.6 Å². The first-order valence-electron chi connectivity index (χ1n) is 6.59. The third kappa shape index (κ3) is 3.69. The number of benzene rings is 2. The molecule has 6 nitrogen and oxygen atoms in total. The highest BCUT2D eigenvalue weighted by Gasteiger charge is 2.22. The van der Waals surface area contributed by atoms with E-state index in [1.165, 1.54) is 30.3 Å². The van der Waals surface area contributed by atoms with Crippen molar-refractivity contribution in [1.82, 2.24) is 0 Å². The van der Waals surface area contributed by atoms with Crippen LogP contribution >= 0.6 is 0 Å². The van der Waals surface area contributed by atoms with E-state index in [2.05, 4.69) is 0 Å². The highest BCUT2D eigenvalue weighted by atomic mass is 32.2. The van der Waals surface area contributed by atoms with Crippen molar-refractivity contribution in [2.45, 2.75) is 17.1 Å². The van der Waals surface area contributed by atoms with Crippen molar-refractivity contribution in [2.75, 3.05) is 6.61 Å². The van der Waals surface area contributed by atoms with Crippen LogP contribution in [0.1, 0.15) is 11.1 Å². The van der Waals surface area contributed by atoms with E-state index in [-0.39, 0.29) is 22.8 Å². The van der Waals surface area contributed by atoms with Crippen LogP contribution in [-0.2, 0) is 22.0 Å². The molecule has 0 amide bonds. The van der Waals surface area contributed by atoms with Crippen LogP contribution in [0.2, 0.25) is 0 Å². The van der Waals surface area contributed by atoms with Crippen molar-refractivity contribution < 1.29 is 18.4 Å². The lowest BCUT2D eigenvalue weighted by Crippen LogP contribution is -2.08. The fraction of sp³-hybridized carbons (Fsp3) is 0.200. The zero-order valence-electron chi connectivity index (χ0n) is 11.7. The molecular formula is C15H15NO5S. The van der Waals surface area contributed by atoms with Crippen molar-refractivity contribution in [1.29, 1.82) is 0 Å². The van der Waals surface area contributed by atoms with Crippen molar-refractivity contribution in [3.05, 3.63) is 69.8 Å². The van der Waals surface area contributed by atoms with Crippen LogP contribution in [0.3, 0.4) is 0 Å². The van der Waals surface area contributed by atoms with Crippen molar-refractivity contribution in [2.24, 2.45) is 0 Å². The van der Waals surface area contributed by atoms with Crippen LogP contribution in [0, 0.1) is 10.1 Å². The normalized spacial score (nSPS) is 11.3. The first-order chi connectivity index (χ1) is 10.4. The second-order valence-electron chi connectivity index (χ2n) is 4.77. The van der Waals surface area contributed by atoms with Gasteiger partial charge in [-0.25, -0.2) is 8.42 Å². The number of aliphatic hydroxyl groups is 1. The van der Waals surface area contributed by atoms with E-state index in [4.69, 9.17) is 5.11 Å². The first kappa shape index (κ1) is 16.1. The van der Waals surface area contributed by atoms with Gasteiger partial charge in [-0.05, 0) is 30.2 Å². The highest BCUT2D eigenvalue weighted by molar-refractivity contribution is 7.90. The van der Waals surface area contributed by atoms with Gasteiger partial charge in [-0.2, -0.15) is 0 Å². The van der Waals surface area contributed by atoms with Gasteiger partial charge in [0.15, 0.2) is 9.84 Å². The molecule has 0 aliphatic rings. The summed E-state index contributed by atoms with van der Waals surface area (Å²) in [4.78, 5) is 10.6. The maximum atomic E-state index is 12.4. The molecule has 0 fully saturated rings. The molecule has 2 aromatic rings. The second-order valence-corrected chi connectivity index (χ2v) is 6.76. The zero-order chi connectivity index (χ0) is 16.2. The third-order valence-electron chi connectivity index (χ3n) is 3.19. The van der Waals surface area contributed by atoms with E-state index in [0.29, 0.717) is 12.0 Å². The number of nitrogens with zero attached hydrogens (tertiary/aromatic N) is 1. The predicted molar refractivity (Wildman–Crippen MR) is 81.2 cm³/mol. The Kier molecular flexibility index (Phi) is 4.89. The van der Waals surface area contributed by atoms with E-state index < -0.39 is 20.5 Å². The smallest absolute Gasteiger partial charge is 0.273 e. The molecule has 0 spiro atoms. The molecule has 2 aromatic carbocycles. The van der Waals surface area contributed by atoms with Gasteiger partial charge < -0.3 is 5.11 Å². The lowest BCUT2D eigenvalue weighted by molar-refractivity contribution is -0.385. The van der Waals surface area contributed by atoms with Crippen molar-refractivity contribution in [3.63, 3.8) is 0 Å². The fourth-order valence-corrected chi connectivity index (χ4v) is 3.51. The quantitative estimate of drug-likeness (QED) is 0.649. The van der Waals surface area contributed by atoms with E-state index in [1.54, 1.807) is 18.2 Å². The fourth-order valence-electron chi connectivity index (χ4n) is 2.13. The monoisotopic (exact) mass is 321 g/mol. The van der Waals surface area contributed by atoms with Gasteiger partial charge in [-0.1, -0.05) is 24.3 Å². The minimum atomic E-state index is -3.67. The molecule has 0 aliphatic carbocycles. The van der Waals surface area contributed by atoms with Crippen LogP contribution in [0.25, 0.3) is 0 Å². The molecule has 0 saturated heterocycles. The Morgan fingerprint density at radius 3 is 2.36 bits per heavy atom. The Bertz CT molecular complexity index is 772. The molecule has 0 saturated carbocycles. The zero-order valence-corrected chi connectivity index (χ0v) is 12.5. The number of rotatable bonds is 6. The van der Waals surface area contributed by atoms with Crippen LogP contribution in [0.4, 0.5) is 5.69 Å². The standard InChI is InChI=1S/C15H15NO5S/c17-9-8-12-6-7-15(16(18)19)13(10-12)11-22(20,21)14-4-2-1-3-5-14/h1-7,10,17H,8-9,11H2. The van der Waals surface area contributed by atoms with Gasteiger partial charge in [-0.15, -0.1) is 0 Å². The van der Waals surface area contributed by atoms with E-state index in [0.717, 1.165) is 0 Å². The average molecular weight is 321 g/mol. The second kappa shape index (κ2) is 6.67. The molecule has 0 heterocycles. The summed E-state index contributed by atoms with van der Waals surface area (Å²) in [5.41, 5.74) is 0.548. The molecule has 1 N–H and O–H groups in total. The number of nitro benzene ring substituents is 1. The van der Waals surface area contributed by atoms with Crippen molar-refractivity contribution in [3.8, 4) is 0 Å². The summed E-state index contributed by atoms with van der Waals surface area (Å²) in [6.45, 7) is -0.108. The summed E-state index contributed by atoms with van der Waals surface area (Å²) in [7, 11) is -3.67. The summed E-state index contributed by atoms with van der Waals surface area (Å²) < 4.78 is 24.7. The molecule has 0 radical (unpaired) electrons. The van der Waals surface area contributed by atoms with Gasteiger partial charge in [0.1, 0.15) is 0 Å². The number of hydrogen-bond donors (Lipinski definition) is 1. The lowest BCUT2D eigenvalue weighted by atomic mass is 10.1. The summed E-state index contributed by atoms with van der Waals surface area (Å²) in [5, 5.41) is 20.0. The maximum absolute atomic E-state index is 12.4. The first-order valence-corrected chi connectivity index (χ1v) is 8.24. The maximum Gasteiger partial charge on any atom is 0.273 e. The summed E-state index contributed by atoms with van der Waals surface area (Å²) in [5.74, 6) is -0.452. The van der Waals surface area contributed by atoms with E-state index >= 15 is 0 Å². The van der Waals surface area contributed by atoms with Crippen molar-refractivity contribution >= 4 is 15.5 Å². The molecule has 116 valence electrons. The predicted octanol–water partition coefficient (Wildman–Crippen LogP) is 2.10. The molecule has 0 bridgehead atoms. The summed E-state index contributed by atoms with van der Waals surface area (Å²) in [6, 6.07) is 12.1. The number of hydrogen-bond acceptors (Lipinski definition) is 5. The topological polar surface area (TPSA) is 97.5 Å². The summed E-state index contributed by atoms with van der Waals surface area (Å²) >= 11 is 0. The number of nitro groups is 1. The van der Waals surface area contributed by atoms with Gasteiger partial charge in [0.25, 0.3) is 5.69 Å². The van der Waals surface area contributed by atoms with E-state index in [1.807, 2.05) is 0 Å². The number of sulfone groups is 1. The van der Waals surface area contributed by atoms with Gasteiger partial charge in [0.2, 0.25) is 0 Å². The Balaban J connectivity index is 2.43. The third-order valence-corrected chi connectivity index (χ3v) is 4.87. The highest BCUT2D eigenvalue weighted by Crippen LogP contribution is 2.25.